The van der Waals surface area contributed by atoms with Crippen LogP contribution in [-0.4, -0.2) is 42.6 Å². The van der Waals surface area contributed by atoms with Gasteiger partial charge in [0.2, 0.25) is 5.91 Å². The predicted octanol–water partition coefficient (Wildman–Crippen LogP) is 3.89. The molecule has 2 aromatic carbocycles. The van der Waals surface area contributed by atoms with Crippen molar-refractivity contribution in [1.82, 2.24) is 10.6 Å². The molecule has 1 aliphatic rings. The molecule has 2 amide bonds. The SMILES string of the molecule is CCOc1cc2c(cc1CNC(=O)C(CCSC)NC(=O)c1cccc(C)c1)OC(C)C2. The van der Waals surface area contributed by atoms with Crippen molar-refractivity contribution < 1.29 is 19.1 Å². The third-order valence-corrected chi connectivity index (χ3v) is 5.99. The van der Waals surface area contributed by atoms with E-state index in [1.807, 2.05) is 57.4 Å². The first-order chi connectivity index (χ1) is 15.4. The highest BCUT2D eigenvalue weighted by atomic mass is 32.2. The largest absolute Gasteiger partial charge is 0.494 e. The van der Waals surface area contributed by atoms with Crippen LogP contribution < -0.4 is 20.1 Å². The second kappa shape index (κ2) is 11.3. The van der Waals surface area contributed by atoms with Gasteiger partial charge in [0, 0.05) is 29.7 Å². The third kappa shape index (κ3) is 6.19. The smallest absolute Gasteiger partial charge is 0.251 e. The summed E-state index contributed by atoms with van der Waals surface area (Å²) in [5.41, 5.74) is 3.54. The molecule has 0 saturated carbocycles. The van der Waals surface area contributed by atoms with E-state index in [2.05, 4.69) is 10.6 Å². The van der Waals surface area contributed by atoms with Gasteiger partial charge in [0.1, 0.15) is 23.6 Å². The minimum atomic E-state index is -0.614. The lowest BCUT2D eigenvalue weighted by molar-refractivity contribution is -0.123. The molecule has 2 atom stereocenters. The highest BCUT2D eigenvalue weighted by Crippen LogP contribution is 2.35. The zero-order valence-electron chi connectivity index (χ0n) is 19.2. The Morgan fingerprint density at radius 3 is 2.81 bits per heavy atom. The molecule has 2 unspecified atom stereocenters. The van der Waals surface area contributed by atoms with Crippen molar-refractivity contribution in [3.63, 3.8) is 0 Å². The van der Waals surface area contributed by atoms with Crippen LogP contribution >= 0.6 is 11.8 Å². The maximum absolute atomic E-state index is 13.0. The lowest BCUT2D eigenvalue weighted by Gasteiger charge is -2.19. The Hall–Kier alpha value is -2.67. The van der Waals surface area contributed by atoms with Crippen molar-refractivity contribution in [2.75, 3.05) is 18.6 Å². The molecule has 1 aliphatic heterocycles. The van der Waals surface area contributed by atoms with Crippen LogP contribution in [0.2, 0.25) is 0 Å². The summed E-state index contributed by atoms with van der Waals surface area (Å²) in [7, 11) is 0. The Morgan fingerprint density at radius 1 is 1.28 bits per heavy atom. The highest BCUT2D eigenvalue weighted by Gasteiger charge is 2.24. The molecule has 172 valence electrons. The summed E-state index contributed by atoms with van der Waals surface area (Å²) in [4.78, 5) is 25.7. The van der Waals surface area contributed by atoms with Crippen LogP contribution in [0.4, 0.5) is 0 Å². The first kappa shape index (κ1) is 24.0. The first-order valence-corrected chi connectivity index (χ1v) is 12.4. The maximum Gasteiger partial charge on any atom is 0.251 e. The summed E-state index contributed by atoms with van der Waals surface area (Å²) in [6.07, 6.45) is 3.52. The second-order valence-electron chi connectivity index (χ2n) is 8.03. The van der Waals surface area contributed by atoms with E-state index in [1.54, 1.807) is 17.8 Å². The molecule has 0 spiro atoms. The van der Waals surface area contributed by atoms with Crippen LogP contribution in [0.25, 0.3) is 0 Å². The molecule has 7 heteroatoms. The summed E-state index contributed by atoms with van der Waals surface area (Å²) < 4.78 is 11.7. The van der Waals surface area contributed by atoms with E-state index in [1.165, 1.54) is 0 Å². The second-order valence-corrected chi connectivity index (χ2v) is 9.01. The van der Waals surface area contributed by atoms with Gasteiger partial charge in [-0.2, -0.15) is 11.8 Å². The molecule has 3 rings (SSSR count). The molecule has 1 heterocycles. The monoisotopic (exact) mass is 456 g/mol. The van der Waals surface area contributed by atoms with Gasteiger partial charge in [-0.1, -0.05) is 17.7 Å². The van der Waals surface area contributed by atoms with Gasteiger partial charge in [-0.25, -0.2) is 0 Å². The van der Waals surface area contributed by atoms with Gasteiger partial charge in [0.15, 0.2) is 0 Å². The van der Waals surface area contributed by atoms with E-state index in [-0.39, 0.29) is 17.9 Å². The third-order valence-electron chi connectivity index (χ3n) is 5.34. The average Bonchev–Trinajstić information content (AvgIpc) is 3.13. The van der Waals surface area contributed by atoms with Gasteiger partial charge in [-0.15, -0.1) is 0 Å². The number of hydrogen-bond donors (Lipinski definition) is 2. The molecular formula is C25H32N2O4S. The van der Waals surface area contributed by atoms with Crippen LogP contribution in [-0.2, 0) is 17.8 Å². The molecule has 6 nitrogen and oxygen atoms in total. The molecule has 2 aromatic rings. The summed E-state index contributed by atoms with van der Waals surface area (Å²) in [6.45, 7) is 6.75. The Balaban J connectivity index is 1.70. The molecule has 0 bridgehead atoms. The summed E-state index contributed by atoms with van der Waals surface area (Å²) in [5, 5.41) is 5.88. The van der Waals surface area contributed by atoms with Crippen LogP contribution in [0.15, 0.2) is 36.4 Å². The van der Waals surface area contributed by atoms with Gasteiger partial charge in [-0.05, 0) is 63.5 Å². The summed E-state index contributed by atoms with van der Waals surface area (Å²) in [5.74, 6) is 1.91. The predicted molar refractivity (Wildman–Crippen MR) is 129 cm³/mol. The fourth-order valence-corrected chi connectivity index (χ4v) is 4.22. The van der Waals surface area contributed by atoms with E-state index in [9.17, 15) is 9.59 Å². The zero-order chi connectivity index (χ0) is 23.1. The van der Waals surface area contributed by atoms with Gasteiger partial charge in [0.05, 0.1) is 6.61 Å². The molecule has 2 N–H and O–H groups in total. The molecule has 32 heavy (non-hydrogen) atoms. The molecule has 0 fully saturated rings. The van der Waals surface area contributed by atoms with Crippen molar-refractivity contribution in [1.29, 1.82) is 0 Å². The fourth-order valence-electron chi connectivity index (χ4n) is 3.75. The van der Waals surface area contributed by atoms with Crippen LogP contribution in [0, 0.1) is 6.92 Å². The Bertz CT molecular complexity index is 963. The quantitative estimate of drug-likeness (QED) is 0.567. The van der Waals surface area contributed by atoms with E-state index in [4.69, 9.17) is 9.47 Å². The van der Waals surface area contributed by atoms with Gasteiger partial charge < -0.3 is 20.1 Å². The standard InChI is InChI=1S/C25H32N2O4S/c1-5-30-22-13-19-12-17(3)31-23(19)14-20(22)15-26-25(29)21(9-10-32-4)27-24(28)18-8-6-7-16(2)11-18/h6-8,11,13-14,17,21H,5,9-10,12,15H2,1-4H3,(H,26,29)(H,27,28). The number of amides is 2. The molecule has 0 saturated heterocycles. The maximum atomic E-state index is 13.0. The number of rotatable bonds is 10. The average molecular weight is 457 g/mol. The zero-order valence-corrected chi connectivity index (χ0v) is 20.0. The number of fused-ring (bicyclic) bond motifs is 1. The van der Waals surface area contributed by atoms with Crippen molar-refractivity contribution in [2.24, 2.45) is 0 Å². The minimum Gasteiger partial charge on any atom is -0.494 e. The number of ether oxygens (including phenoxy) is 2. The van der Waals surface area contributed by atoms with Crippen LogP contribution in [0.3, 0.4) is 0 Å². The van der Waals surface area contributed by atoms with Gasteiger partial charge in [-0.3, -0.25) is 9.59 Å². The number of aryl methyl sites for hydroxylation is 1. The number of thioether (sulfide) groups is 1. The molecular weight excluding hydrogens is 424 g/mol. The number of carbonyl (C=O) groups excluding carboxylic acids is 2. The molecule has 0 radical (unpaired) electrons. The normalized spacial score (nSPS) is 15.4. The van der Waals surface area contributed by atoms with E-state index >= 15 is 0 Å². The molecule has 0 aromatic heterocycles. The lowest BCUT2D eigenvalue weighted by atomic mass is 10.1. The number of nitrogens with one attached hydrogen (secondary N) is 2. The minimum absolute atomic E-state index is 0.136. The van der Waals surface area contributed by atoms with Crippen LogP contribution in [0.1, 0.15) is 47.3 Å². The van der Waals surface area contributed by atoms with E-state index in [0.717, 1.165) is 40.4 Å². The van der Waals surface area contributed by atoms with Crippen molar-refractivity contribution in [3.05, 3.63) is 58.7 Å². The first-order valence-electron chi connectivity index (χ1n) is 11.0. The van der Waals surface area contributed by atoms with E-state index < -0.39 is 6.04 Å². The number of hydrogen-bond acceptors (Lipinski definition) is 5. The number of carbonyl (C=O) groups is 2. The van der Waals surface area contributed by atoms with Gasteiger partial charge >= 0.3 is 0 Å². The highest BCUT2D eigenvalue weighted by molar-refractivity contribution is 7.98. The van der Waals surface area contributed by atoms with Crippen molar-refractivity contribution in [2.45, 2.75) is 52.3 Å². The number of benzene rings is 2. The molecule has 0 aliphatic carbocycles. The lowest BCUT2D eigenvalue weighted by Crippen LogP contribution is -2.46. The van der Waals surface area contributed by atoms with E-state index in [0.29, 0.717) is 25.1 Å². The summed E-state index contributed by atoms with van der Waals surface area (Å²) >= 11 is 1.64. The van der Waals surface area contributed by atoms with Crippen LogP contribution in [0.5, 0.6) is 11.5 Å². The van der Waals surface area contributed by atoms with Crippen molar-refractivity contribution in [3.8, 4) is 11.5 Å². The van der Waals surface area contributed by atoms with Gasteiger partial charge in [0.25, 0.3) is 5.91 Å². The Kier molecular flexibility index (Phi) is 8.45. The topological polar surface area (TPSA) is 76.7 Å². The van der Waals surface area contributed by atoms with Crippen molar-refractivity contribution >= 4 is 23.6 Å². The summed E-state index contributed by atoms with van der Waals surface area (Å²) in [6, 6.07) is 10.7. The Morgan fingerprint density at radius 2 is 2.09 bits per heavy atom. The Labute approximate surface area is 194 Å². The fraction of sp³-hybridized carbons (Fsp3) is 0.440.